The van der Waals surface area contributed by atoms with Crippen molar-refractivity contribution in [1.82, 2.24) is 0 Å². The van der Waals surface area contributed by atoms with Crippen LogP contribution in [0, 0.1) is 0 Å². The number of benzene rings is 1. The van der Waals surface area contributed by atoms with Crippen molar-refractivity contribution >= 4 is 27.3 Å². The van der Waals surface area contributed by atoms with Gasteiger partial charge in [-0.05, 0) is 31.0 Å². The summed E-state index contributed by atoms with van der Waals surface area (Å²) in [4.78, 5) is 2.11. The van der Waals surface area contributed by atoms with Gasteiger partial charge in [0.25, 0.3) is 0 Å². The van der Waals surface area contributed by atoms with E-state index in [-0.39, 0.29) is 6.61 Å². The van der Waals surface area contributed by atoms with Crippen LogP contribution in [0.1, 0.15) is 12.8 Å². The van der Waals surface area contributed by atoms with E-state index < -0.39 is 0 Å². The molecule has 1 aromatic rings. The Kier molecular flexibility index (Phi) is 4.91. The van der Waals surface area contributed by atoms with Crippen LogP contribution < -0.4 is 10.6 Å². The van der Waals surface area contributed by atoms with Crippen LogP contribution in [0.2, 0.25) is 0 Å². The first kappa shape index (κ1) is 12.3. The molecule has 15 heavy (non-hydrogen) atoms. The fourth-order valence-electron chi connectivity index (χ4n) is 1.45. The summed E-state index contributed by atoms with van der Waals surface area (Å²) in [7, 11) is 2.01. The number of nitrogens with zero attached hydrogens (tertiary/aromatic N) is 1. The fourth-order valence-corrected chi connectivity index (χ4v) is 1.83. The van der Waals surface area contributed by atoms with Gasteiger partial charge < -0.3 is 15.7 Å². The van der Waals surface area contributed by atoms with Crippen LogP contribution in [0.25, 0.3) is 0 Å². The second-order valence-electron chi connectivity index (χ2n) is 3.56. The summed E-state index contributed by atoms with van der Waals surface area (Å²) >= 11 is 3.38. The van der Waals surface area contributed by atoms with E-state index in [0.717, 1.165) is 35.2 Å². The maximum absolute atomic E-state index is 8.69. The van der Waals surface area contributed by atoms with Gasteiger partial charge in [0.1, 0.15) is 0 Å². The molecule has 3 nitrogen and oxygen atoms in total. The maximum Gasteiger partial charge on any atom is 0.0598 e. The Morgan fingerprint density at radius 1 is 1.40 bits per heavy atom. The van der Waals surface area contributed by atoms with E-state index >= 15 is 0 Å². The predicted molar refractivity (Wildman–Crippen MR) is 68.1 cm³/mol. The lowest BCUT2D eigenvalue weighted by atomic mass is 10.2. The molecule has 1 rings (SSSR count). The van der Waals surface area contributed by atoms with E-state index in [1.54, 1.807) is 0 Å². The van der Waals surface area contributed by atoms with Gasteiger partial charge in [-0.15, -0.1) is 0 Å². The standard InChI is InChI=1S/C11H17BrN2O/c1-14(6-2-3-7-15)11-5-4-9(12)8-10(11)13/h4-5,8,15H,2-3,6-7,13H2,1H3. The van der Waals surface area contributed by atoms with Crippen molar-refractivity contribution in [2.45, 2.75) is 12.8 Å². The quantitative estimate of drug-likeness (QED) is 0.639. The van der Waals surface area contributed by atoms with Crippen LogP contribution in [0.4, 0.5) is 11.4 Å². The molecule has 0 bridgehead atoms. The monoisotopic (exact) mass is 272 g/mol. The first-order valence-electron chi connectivity index (χ1n) is 5.02. The van der Waals surface area contributed by atoms with Crippen LogP contribution in [0.5, 0.6) is 0 Å². The molecule has 0 aliphatic heterocycles. The molecule has 0 radical (unpaired) electrons. The molecule has 0 unspecified atom stereocenters. The molecule has 3 N–H and O–H groups in total. The summed E-state index contributed by atoms with van der Waals surface area (Å²) < 4.78 is 0.993. The van der Waals surface area contributed by atoms with Crippen LogP contribution >= 0.6 is 15.9 Å². The highest BCUT2D eigenvalue weighted by atomic mass is 79.9. The predicted octanol–water partition coefficient (Wildman–Crippen LogP) is 2.24. The molecule has 0 aliphatic rings. The maximum atomic E-state index is 8.69. The number of nitrogens with two attached hydrogens (primary N) is 1. The summed E-state index contributed by atoms with van der Waals surface area (Å²) in [6.45, 7) is 1.16. The Hall–Kier alpha value is -0.740. The van der Waals surface area contributed by atoms with Crippen molar-refractivity contribution in [3.63, 3.8) is 0 Å². The van der Waals surface area contributed by atoms with Crippen molar-refractivity contribution in [1.29, 1.82) is 0 Å². The molecule has 0 aliphatic carbocycles. The van der Waals surface area contributed by atoms with E-state index in [0.29, 0.717) is 0 Å². The zero-order chi connectivity index (χ0) is 11.3. The van der Waals surface area contributed by atoms with E-state index in [1.165, 1.54) is 0 Å². The minimum absolute atomic E-state index is 0.254. The average molecular weight is 273 g/mol. The van der Waals surface area contributed by atoms with Crippen molar-refractivity contribution in [3.05, 3.63) is 22.7 Å². The van der Waals surface area contributed by atoms with Crippen LogP contribution in [0.15, 0.2) is 22.7 Å². The number of hydrogen-bond acceptors (Lipinski definition) is 3. The van der Waals surface area contributed by atoms with E-state index in [2.05, 4.69) is 20.8 Å². The number of halogens is 1. The Morgan fingerprint density at radius 3 is 2.73 bits per heavy atom. The molecule has 4 heteroatoms. The lowest BCUT2D eigenvalue weighted by molar-refractivity contribution is 0.285. The Labute approximate surface area is 99.0 Å². The largest absolute Gasteiger partial charge is 0.397 e. The molecule has 0 amide bonds. The van der Waals surface area contributed by atoms with Gasteiger partial charge in [-0.25, -0.2) is 0 Å². The Morgan fingerprint density at radius 2 is 2.13 bits per heavy atom. The number of nitrogen functional groups attached to an aromatic ring is 1. The molecule has 0 aromatic heterocycles. The number of unbranched alkanes of at least 4 members (excludes halogenated alkanes) is 1. The van der Waals surface area contributed by atoms with Gasteiger partial charge in [-0.3, -0.25) is 0 Å². The van der Waals surface area contributed by atoms with Gasteiger partial charge in [0.2, 0.25) is 0 Å². The molecule has 0 heterocycles. The van der Waals surface area contributed by atoms with Crippen LogP contribution in [0.3, 0.4) is 0 Å². The lowest BCUT2D eigenvalue weighted by Gasteiger charge is -2.21. The third-order valence-corrected chi connectivity index (χ3v) is 2.80. The van der Waals surface area contributed by atoms with Crippen molar-refractivity contribution in [2.24, 2.45) is 0 Å². The summed E-state index contributed by atoms with van der Waals surface area (Å²) in [6.07, 6.45) is 1.81. The number of aliphatic hydroxyl groups excluding tert-OH is 1. The van der Waals surface area contributed by atoms with Crippen molar-refractivity contribution in [3.8, 4) is 0 Å². The fraction of sp³-hybridized carbons (Fsp3) is 0.455. The molecule has 84 valence electrons. The van der Waals surface area contributed by atoms with E-state index in [9.17, 15) is 0 Å². The smallest absolute Gasteiger partial charge is 0.0598 e. The molecule has 0 atom stereocenters. The summed E-state index contributed by atoms with van der Waals surface area (Å²) in [5.41, 5.74) is 7.72. The highest BCUT2D eigenvalue weighted by molar-refractivity contribution is 9.10. The lowest BCUT2D eigenvalue weighted by Crippen LogP contribution is -2.19. The molecule has 0 fully saturated rings. The number of anilines is 2. The second kappa shape index (κ2) is 5.98. The zero-order valence-corrected chi connectivity index (χ0v) is 10.5. The first-order valence-corrected chi connectivity index (χ1v) is 5.81. The molecule has 0 saturated heterocycles. The molecule has 0 saturated carbocycles. The van der Waals surface area contributed by atoms with Gasteiger partial charge in [-0.2, -0.15) is 0 Å². The summed E-state index contributed by atoms with van der Waals surface area (Å²) in [5.74, 6) is 0. The number of aliphatic hydroxyl groups is 1. The third-order valence-electron chi connectivity index (χ3n) is 2.30. The minimum Gasteiger partial charge on any atom is -0.397 e. The Balaban J connectivity index is 2.61. The zero-order valence-electron chi connectivity index (χ0n) is 8.91. The SMILES string of the molecule is CN(CCCCO)c1ccc(Br)cc1N. The molecular weight excluding hydrogens is 256 g/mol. The van der Waals surface area contributed by atoms with Gasteiger partial charge in [0.05, 0.1) is 11.4 Å². The van der Waals surface area contributed by atoms with Gasteiger partial charge in [-0.1, -0.05) is 15.9 Å². The topological polar surface area (TPSA) is 49.5 Å². The minimum atomic E-state index is 0.254. The highest BCUT2D eigenvalue weighted by Crippen LogP contribution is 2.25. The number of rotatable bonds is 5. The summed E-state index contributed by atoms with van der Waals surface area (Å²) in [6, 6.07) is 5.88. The van der Waals surface area contributed by atoms with Gasteiger partial charge in [0, 0.05) is 24.7 Å². The Bertz CT molecular complexity index is 317. The van der Waals surface area contributed by atoms with Crippen molar-refractivity contribution in [2.75, 3.05) is 30.8 Å². The van der Waals surface area contributed by atoms with Crippen LogP contribution in [-0.4, -0.2) is 25.3 Å². The van der Waals surface area contributed by atoms with Crippen molar-refractivity contribution < 1.29 is 5.11 Å². The summed E-state index contributed by atoms with van der Waals surface area (Å²) in [5, 5.41) is 8.69. The van der Waals surface area contributed by atoms with E-state index in [1.807, 2.05) is 25.2 Å². The highest BCUT2D eigenvalue weighted by Gasteiger charge is 2.04. The van der Waals surface area contributed by atoms with Crippen LogP contribution in [-0.2, 0) is 0 Å². The number of hydrogen-bond donors (Lipinski definition) is 2. The second-order valence-corrected chi connectivity index (χ2v) is 4.47. The normalized spacial score (nSPS) is 10.3. The third kappa shape index (κ3) is 3.72. The van der Waals surface area contributed by atoms with Gasteiger partial charge in [0.15, 0.2) is 0 Å². The van der Waals surface area contributed by atoms with E-state index in [4.69, 9.17) is 10.8 Å². The molecule has 1 aromatic carbocycles. The first-order chi connectivity index (χ1) is 7.15. The van der Waals surface area contributed by atoms with Gasteiger partial charge >= 0.3 is 0 Å². The average Bonchev–Trinajstić information content (AvgIpc) is 2.17. The molecule has 0 spiro atoms. The molecular formula is C11H17BrN2O.